The van der Waals surface area contributed by atoms with Gasteiger partial charge in [-0.15, -0.1) is 0 Å². The minimum absolute atomic E-state index is 0.0881. The number of nitrogens with one attached hydrogen (secondary N) is 1. The van der Waals surface area contributed by atoms with E-state index in [2.05, 4.69) is 10.4 Å². The number of benzene rings is 2. The van der Waals surface area contributed by atoms with Crippen molar-refractivity contribution >= 4 is 28.1 Å². The normalized spacial score (nSPS) is 11.1. The van der Waals surface area contributed by atoms with Gasteiger partial charge in [0.2, 0.25) is 5.91 Å². The van der Waals surface area contributed by atoms with E-state index >= 15 is 0 Å². The first-order chi connectivity index (χ1) is 14.5. The van der Waals surface area contributed by atoms with E-state index in [-0.39, 0.29) is 5.91 Å². The standard InChI is InChI=1S/C23H24N4O3/c1-14-19(15(2)27-23(24-14)20-7-5-6-8-21(20)26-27)9-10-22(28)25-16-11-17(29-3)13-18(12-16)30-4/h5-8,11-13H,9-10H2,1-4H3,(H,25,28). The fourth-order valence-corrected chi connectivity index (χ4v) is 3.68. The molecule has 7 nitrogen and oxygen atoms in total. The minimum Gasteiger partial charge on any atom is -0.497 e. The van der Waals surface area contributed by atoms with E-state index in [0.717, 1.165) is 33.5 Å². The molecule has 4 aromatic rings. The van der Waals surface area contributed by atoms with E-state index in [4.69, 9.17) is 14.5 Å². The SMILES string of the molecule is COc1cc(NC(=O)CCc2c(C)nc3c4ccccc4nn3c2C)cc(OC)c1. The van der Waals surface area contributed by atoms with Crippen LogP contribution in [0, 0.1) is 13.8 Å². The zero-order valence-electron chi connectivity index (χ0n) is 17.5. The predicted molar refractivity (Wildman–Crippen MR) is 116 cm³/mol. The third-order valence-corrected chi connectivity index (χ3v) is 5.26. The summed E-state index contributed by atoms with van der Waals surface area (Å²) in [5.74, 6) is 1.16. The highest BCUT2D eigenvalue weighted by molar-refractivity contribution is 5.92. The summed E-state index contributed by atoms with van der Waals surface area (Å²) in [4.78, 5) is 17.3. The van der Waals surface area contributed by atoms with Crippen molar-refractivity contribution in [3.8, 4) is 11.5 Å². The third-order valence-electron chi connectivity index (χ3n) is 5.26. The molecule has 0 aliphatic carbocycles. The van der Waals surface area contributed by atoms with Gasteiger partial charge < -0.3 is 14.8 Å². The molecule has 0 radical (unpaired) electrons. The monoisotopic (exact) mass is 404 g/mol. The molecule has 7 heteroatoms. The smallest absolute Gasteiger partial charge is 0.224 e. The van der Waals surface area contributed by atoms with Crippen molar-refractivity contribution in [1.29, 1.82) is 0 Å². The van der Waals surface area contributed by atoms with Crippen molar-refractivity contribution in [1.82, 2.24) is 14.6 Å². The Kier molecular flexibility index (Phi) is 5.27. The topological polar surface area (TPSA) is 77.8 Å². The Morgan fingerprint density at radius 3 is 2.47 bits per heavy atom. The van der Waals surface area contributed by atoms with E-state index in [1.54, 1.807) is 32.4 Å². The van der Waals surface area contributed by atoms with Gasteiger partial charge in [0.05, 0.1) is 19.7 Å². The number of amides is 1. The molecular weight excluding hydrogens is 380 g/mol. The highest BCUT2D eigenvalue weighted by atomic mass is 16.5. The molecule has 30 heavy (non-hydrogen) atoms. The summed E-state index contributed by atoms with van der Waals surface area (Å²) in [6.45, 7) is 4.00. The van der Waals surface area contributed by atoms with Gasteiger partial charge in [-0.05, 0) is 38.0 Å². The molecule has 2 aromatic carbocycles. The summed E-state index contributed by atoms with van der Waals surface area (Å²) in [5, 5.41) is 8.62. The molecule has 2 heterocycles. The van der Waals surface area contributed by atoms with Crippen LogP contribution in [0.5, 0.6) is 11.5 Å². The average Bonchev–Trinajstić information content (AvgIpc) is 3.12. The third kappa shape index (κ3) is 3.66. The molecule has 1 amide bonds. The van der Waals surface area contributed by atoms with Crippen molar-refractivity contribution in [2.75, 3.05) is 19.5 Å². The maximum absolute atomic E-state index is 12.6. The number of aromatic nitrogens is 3. The number of carbonyl (C=O) groups is 1. The number of carbonyl (C=O) groups excluding carboxylic acids is 1. The lowest BCUT2D eigenvalue weighted by molar-refractivity contribution is -0.116. The van der Waals surface area contributed by atoms with E-state index in [1.807, 2.05) is 42.6 Å². The van der Waals surface area contributed by atoms with Crippen LogP contribution < -0.4 is 14.8 Å². The number of methoxy groups -OCH3 is 2. The Labute approximate surface area is 174 Å². The molecular formula is C23H24N4O3. The molecule has 154 valence electrons. The summed E-state index contributed by atoms with van der Waals surface area (Å²) in [5.41, 5.74) is 5.35. The summed E-state index contributed by atoms with van der Waals surface area (Å²) in [6.07, 6.45) is 0.902. The van der Waals surface area contributed by atoms with Gasteiger partial charge in [-0.3, -0.25) is 4.79 Å². The summed E-state index contributed by atoms with van der Waals surface area (Å²) < 4.78 is 12.4. The highest BCUT2D eigenvalue weighted by Crippen LogP contribution is 2.26. The first kappa shape index (κ1) is 19.7. The number of rotatable bonds is 6. The molecule has 0 bridgehead atoms. The number of nitrogens with zero attached hydrogens (tertiary/aromatic N) is 3. The minimum atomic E-state index is -0.0881. The Bertz CT molecular complexity index is 1220. The van der Waals surface area contributed by atoms with E-state index in [9.17, 15) is 4.79 Å². The number of fused-ring (bicyclic) bond motifs is 3. The number of hydrogen-bond donors (Lipinski definition) is 1. The largest absolute Gasteiger partial charge is 0.497 e. The number of anilines is 1. The molecule has 0 aliphatic rings. The van der Waals surface area contributed by atoms with Gasteiger partial charge in [0, 0.05) is 47.1 Å². The van der Waals surface area contributed by atoms with Gasteiger partial charge in [0.25, 0.3) is 0 Å². The lowest BCUT2D eigenvalue weighted by Crippen LogP contribution is -2.14. The Morgan fingerprint density at radius 2 is 1.77 bits per heavy atom. The fraction of sp³-hybridized carbons (Fsp3) is 0.261. The zero-order valence-corrected chi connectivity index (χ0v) is 17.5. The Balaban J connectivity index is 1.55. The van der Waals surface area contributed by atoms with Crippen molar-refractivity contribution in [2.45, 2.75) is 26.7 Å². The van der Waals surface area contributed by atoms with Crippen LogP contribution >= 0.6 is 0 Å². The van der Waals surface area contributed by atoms with Crippen molar-refractivity contribution in [3.63, 3.8) is 0 Å². The first-order valence-electron chi connectivity index (χ1n) is 9.76. The van der Waals surface area contributed by atoms with Crippen molar-refractivity contribution < 1.29 is 14.3 Å². The van der Waals surface area contributed by atoms with Gasteiger partial charge >= 0.3 is 0 Å². The molecule has 4 rings (SSSR count). The first-order valence-corrected chi connectivity index (χ1v) is 9.76. The van der Waals surface area contributed by atoms with Crippen LogP contribution in [-0.2, 0) is 11.2 Å². The zero-order chi connectivity index (χ0) is 21.3. The van der Waals surface area contributed by atoms with Gasteiger partial charge in [-0.1, -0.05) is 12.1 Å². The molecule has 1 N–H and O–H groups in total. The maximum Gasteiger partial charge on any atom is 0.224 e. The Hall–Kier alpha value is -3.61. The summed E-state index contributed by atoms with van der Waals surface area (Å²) in [7, 11) is 3.15. The molecule has 2 aromatic heterocycles. The van der Waals surface area contributed by atoms with Crippen LogP contribution in [0.3, 0.4) is 0 Å². The second kappa shape index (κ2) is 8.02. The van der Waals surface area contributed by atoms with Crippen LogP contribution in [0.4, 0.5) is 5.69 Å². The number of hydrogen-bond acceptors (Lipinski definition) is 5. The maximum atomic E-state index is 12.6. The van der Waals surface area contributed by atoms with Gasteiger partial charge in [0.1, 0.15) is 11.5 Å². The van der Waals surface area contributed by atoms with E-state index in [1.165, 1.54) is 0 Å². The van der Waals surface area contributed by atoms with Crippen LogP contribution in [0.1, 0.15) is 23.4 Å². The van der Waals surface area contributed by atoms with Crippen LogP contribution in [0.15, 0.2) is 42.5 Å². The lowest BCUT2D eigenvalue weighted by Gasteiger charge is -2.12. The molecule has 0 saturated carbocycles. The highest BCUT2D eigenvalue weighted by Gasteiger charge is 2.15. The quantitative estimate of drug-likeness (QED) is 0.524. The average molecular weight is 404 g/mol. The molecule has 0 spiro atoms. The van der Waals surface area contributed by atoms with Crippen LogP contribution in [0.25, 0.3) is 16.6 Å². The predicted octanol–water partition coefficient (Wildman–Crippen LogP) is 4.09. The fourth-order valence-electron chi connectivity index (χ4n) is 3.68. The second-order valence-electron chi connectivity index (χ2n) is 7.16. The van der Waals surface area contributed by atoms with Gasteiger partial charge in [0.15, 0.2) is 5.65 Å². The van der Waals surface area contributed by atoms with Crippen LogP contribution in [-0.4, -0.2) is 34.7 Å². The molecule has 0 saturated heterocycles. The molecule has 0 aliphatic heterocycles. The molecule has 0 atom stereocenters. The van der Waals surface area contributed by atoms with Crippen LogP contribution in [0.2, 0.25) is 0 Å². The van der Waals surface area contributed by atoms with Gasteiger partial charge in [-0.25, -0.2) is 9.50 Å². The molecule has 0 fully saturated rings. The van der Waals surface area contributed by atoms with Crippen molar-refractivity contribution in [2.24, 2.45) is 0 Å². The Morgan fingerprint density at radius 1 is 1.07 bits per heavy atom. The van der Waals surface area contributed by atoms with Crippen molar-refractivity contribution in [3.05, 3.63) is 59.4 Å². The second-order valence-corrected chi connectivity index (χ2v) is 7.16. The lowest BCUT2D eigenvalue weighted by atomic mass is 10.1. The van der Waals surface area contributed by atoms with E-state index in [0.29, 0.717) is 30.0 Å². The summed E-state index contributed by atoms with van der Waals surface area (Å²) >= 11 is 0. The van der Waals surface area contributed by atoms with Gasteiger partial charge in [-0.2, -0.15) is 5.10 Å². The number of ether oxygens (including phenoxy) is 2. The van der Waals surface area contributed by atoms with E-state index < -0.39 is 0 Å². The summed E-state index contributed by atoms with van der Waals surface area (Å²) in [6, 6.07) is 13.3. The molecule has 0 unspecified atom stereocenters. The number of aryl methyl sites for hydroxylation is 2.